The van der Waals surface area contributed by atoms with Gasteiger partial charge in [0.1, 0.15) is 11.4 Å². The van der Waals surface area contributed by atoms with E-state index in [0.29, 0.717) is 11.4 Å². The minimum Gasteiger partial charge on any atom is -0.496 e. The number of ether oxygens (including phenoxy) is 1. The topological polar surface area (TPSA) is 51.2 Å². The molecule has 4 nitrogen and oxygen atoms in total. The highest BCUT2D eigenvalue weighted by Gasteiger charge is 2.04. The first-order valence-corrected chi connectivity index (χ1v) is 3.41. The van der Waals surface area contributed by atoms with Crippen LogP contribution in [0.4, 0.5) is 0 Å². The molecule has 1 aromatic heterocycles. The van der Waals surface area contributed by atoms with E-state index in [-0.39, 0.29) is 5.91 Å². The lowest BCUT2D eigenvalue weighted by atomic mass is 10.3. The molecule has 0 aliphatic heterocycles. The molecule has 1 N–H and O–H groups in total. The molecule has 0 saturated carbocycles. The number of aromatic nitrogens is 1. The van der Waals surface area contributed by atoms with Crippen LogP contribution in [0.1, 0.15) is 10.5 Å². The molecule has 1 aromatic rings. The van der Waals surface area contributed by atoms with Crippen molar-refractivity contribution in [1.82, 2.24) is 10.3 Å². The SMILES string of the molecule is CNC(=O)c1cc(OC)[c]cn1. The third kappa shape index (κ3) is 1.72. The molecule has 0 unspecified atom stereocenters. The first-order chi connectivity index (χ1) is 5.77. The van der Waals surface area contributed by atoms with Crippen LogP contribution in [-0.4, -0.2) is 25.0 Å². The van der Waals surface area contributed by atoms with Crippen molar-refractivity contribution in [2.24, 2.45) is 0 Å². The Labute approximate surface area is 70.6 Å². The van der Waals surface area contributed by atoms with E-state index in [1.807, 2.05) is 0 Å². The van der Waals surface area contributed by atoms with Gasteiger partial charge in [-0.2, -0.15) is 0 Å². The molecule has 1 rings (SSSR count). The van der Waals surface area contributed by atoms with E-state index in [1.165, 1.54) is 19.4 Å². The maximum Gasteiger partial charge on any atom is 0.269 e. The van der Waals surface area contributed by atoms with Crippen LogP contribution in [-0.2, 0) is 0 Å². The van der Waals surface area contributed by atoms with E-state index in [1.54, 1.807) is 7.05 Å². The van der Waals surface area contributed by atoms with E-state index in [4.69, 9.17) is 4.74 Å². The van der Waals surface area contributed by atoms with Gasteiger partial charge in [-0.05, 0) is 0 Å². The molecule has 0 atom stereocenters. The highest BCUT2D eigenvalue weighted by molar-refractivity contribution is 5.92. The lowest BCUT2D eigenvalue weighted by Gasteiger charge is -2.00. The van der Waals surface area contributed by atoms with Gasteiger partial charge in [0.05, 0.1) is 7.11 Å². The molecule has 1 radical (unpaired) electrons. The van der Waals surface area contributed by atoms with Gasteiger partial charge in [0, 0.05) is 25.4 Å². The molecule has 0 aliphatic rings. The number of carbonyl (C=O) groups excluding carboxylic acids is 1. The van der Waals surface area contributed by atoms with Crippen LogP contribution in [0.3, 0.4) is 0 Å². The summed E-state index contributed by atoms with van der Waals surface area (Å²) in [4.78, 5) is 14.8. The summed E-state index contributed by atoms with van der Waals surface area (Å²) in [6.07, 6.45) is 1.41. The second-order valence-electron chi connectivity index (χ2n) is 2.08. The summed E-state index contributed by atoms with van der Waals surface area (Å²) in [6.45, 7) is 0. The van der Waals surface area contributed by atoms with Crippen LogP contribution in [0.5, 0.6) is 5.75 Å². The number of hydrogen-bond acceptors (Lipinski definition) is 3. The fourth-order valence-electron chi connectivity index (χ4n) is 0.739. The lowest BCUT2D eigenvalue weighted by Crippen LogP contribution is -2.19. The van der Waals surface area contributed by atoms with Gasteiger partial charge in [-0.15, -0.1) is 0 Å². The maximum atomic E-state index is 11.0. The molecule has 0 saturated heterocycles. The number of methoxy groups -OCH3 is 1. The molecule has 0 bridgehead atoms. The Balaban J connectivity index is 2.93. The van der Waals surface area contributed by atoms with Crippen molar-refractivity contribution < 1.29 is 9.53 Å². The third-order valence-electron chi connectivity index (χ3n) is 1.36. The van der Waals surface area contributed by atoms with Crippen molar-refractivity contribution in [3.05, 3.63) is 24.0 Å². The third-order valence-corrected chi connectivity index (χ3v) is 1.36. The van der Waals surface area contributed by atoms with Crippen molar-refractivity contribution in [2.75, 3.05) is 14.2 Å². The van der Waals surface area contributed by atoms with Gasteiger partial charge in [-0.3, -0.25) is 9.78 Å². The number of hydrogen-bond donors (Lipinski definition) is 1. The van der Waals surface area contributed by atoms with Crippen molar-refractivity contribution in [3.63, 3.8) is 0 Å². The zero-order valence-electron chi connectivity index (χ0n) is 6.92. The molecule has 12 heavy (non-hydrogen) atoms. The summed E-state index contributed by atoms with van der Waals surface area (Å²) in [5.74, 6) is 0.269. The number of rotatable bonds is 2. The smallest absolute Gasteiger partial charge is 0.269 e. The average molecular weight is 165 g/mol. The Morgan fingerprint density at radius 3 is 3.08 bits per heavy atom. The van der Waals surface area contributed by atoms with E-state index in [9.17, 15) is 4.79 Å². The van der Waals surface area contributed by atoms with Gasteiger partial charge in [-0.1, -0.05) is 0 Å². The van der Waals surface area contributed by atoms with Crippen molar-refractivity contribution >= 4 is 5.91 Å². The Morgan fingerprint density at radius 2 is 2.50 bits per heavy atom. The highest BCUT2D eigenvalue weighted by Crippen LogP contribution is 2.08. The van der Waals surface area contributed by atoms with Gasteiger partial charge in [0.2, 0.25) is 0 Å². The number of pyridine rings is 1. The van der Waals surface area contributed by atoms with Gasteiger partial charge >= 0.3 is 0 Å². The van der Waals surface area contributed by atoms with E-state index >= 15 is 0 Å². The maximum absolute atomic E-state index is 11.0. The number of carbonyl (C=O) groups is 1. The first kappa shape index (κ1) is 8.52. The van der Waals surface area contributed by atoms with Crippen LogP contribution in [0.25, 0.3) is 0 Å². The lowest BCUT2D eigenvalue weighted by molar-refractivity contribution is 0.0958. The zero-order valence-corrected chi connectivity index (χ0v) is 6.92. The summed E-state index contributed by atoms with van der Waals surface area (Å²) in [5.41, 5.74) is 0.327. The van der Waals surface area contributed by atoms with Crippen LogP contribution in [0, 0.1) is 6.07 Å². The predicted molar refractivity (Wildman–Crippen MR) is 43.0 cm³/mol. The second kappa shape index (κ2) is 3.71. The average Bonchev–Trinajstić information content (AvgIpc) is 2.17. The molecule has 0 aromatic carbocycles. The summed E-state index contributed by atoms with van der Waals surface area (Å²) in [6, 6.07) is 4.25. The Kier molecular flexibility index (Phi) is 2.63. The number of nitrogens with zero attached hydrogens (tertiary/aromatic N) is 1. The number of nitrogens with one attached hydrogen (secondary N) is 1. The van der Waals surface area contributed by atoms with Gasteiger partial charge in [0.15, 0.2) is 0 Å². The molecule has 0 spiro atoms. The number of amides is 1. The second-order valence-corrected chi connectivity index (χ2v) is 2.08. The zero-order chi connectivity index (χ0) is 8.97. The van der Waals surface area contributed by atoms with E-state index < -0.39 is 0 Å². The summed E-state index contributed by atoms with van der Waals surface area (Å²) < 4.78 is 4.87. The van der Waals surface area contributed by atoms with Crippen LogP contribution in [0.15, 0.2) is 12.3 Å². The van der Waals surface area contributed by atoms with Gasteiger partial charge < -0.3 is 10.1 Å². The molecule has 0 aliphatic carbocycles. The summed E-state index contributed by atoms with van der Waals surface area (Å²) >= 11 is 0. The molecule has 1 amide bonds. The van der Waals surface area contributed by atoms with Gasteiger partial charge in [0.25, 0.3) is 5.91 Å². The van der Waals surface area contributed by atoms with Crippen LogP contribution in [0.2, 0.25) is 0 Å². The fraction of sp³-hybridized carbons (Fsp3) is 0.250. The molecule has 63 valence electrons. The first-order valence-electron chi connectivity index (χ1n) is 3.41. The van der Waals surface area contributed by atoms with E-state index in [2.05, 4.69) is 16.4 Å². The Hall–Kier alpha value is -1.58. The molecule has 1 heterocycles. The summed E-state index contributed by atoms with van der Waals surface area (Å²) in [7, 11) is 3.06. The van der Waals surface area contributed by atoms with Crippen LogP contribution >= 0.6 is 0 Å². The van der Waals surface area contributed by atoms with Crippen molar-refractivity contribution in [2.45, 2.75) is 0 Å². The monoisotopic (exact) mass is 165 g/mol. The summed E-state index contributed by atoms with van der Waals surface area (Å²) in [5, 5.41) is 2.46. The quantitative estimate of drug-likeness (QED) is 0.683. The molecule has 0 fully saturated rings. The van der Waals surface area contributed by atoms with E-state index in [0.717, 1.165) is 0 Å². The normalized spacial score (nSPS) is 9.17. The van der Waals surface area contributed by atoms with Crippen molar-refractivity contribution in [1.29, 1.82) is 0 Å². The minimum atomic E-state index is -0.234. The molecular formula is C8H9N2O2. The van der Waals surface area contributed by atoms with Gasteiger partial charge in [-0.25, -0.2) is 0 Å². The van der Waals surface area contributed by atoms with Crippen LogP contribution < -0.4 is 10.1 Å². The Bertz CT molecular complexity index is 286. The predicted octanol–water partition coefficient (Wildman–Crippen LogP) is 0.250. The Morgan fingerprint density at radius 1 is 1.75 bits per heavy atom. The minimum absolute atomic E-state index is 0.234. The molecular weight excluding hydrogens is 156 g/mol. The highest BCUT2D eigenvalue weighted by atomic mass is 16.5. The molecule has 4 heteroatoms. The fourth-order valence-corrected chi connectivity index (χ4v) is 0.739. The largest absolute Gasteiger partial charge is 0.496 e. The van der Waals surface area contributed by atoms with Crippen molar-refractivity contribution in [3.8, 4) is 5.75 Å². The standard InChI is InChI=1S/C8H9N2O2/c1-9-8(11)7-5-6(12-2)3-4-10-7/h4-5H,1-2H3,(H,9,11).